The van der Waals surface area contributed by atoms with Gasteiger partial charge in [0.1, 0.15) is 0 Å². The fourth-order valence-corrected chi connectivity index (χ4v) is 3.08. The smallest absolute Gasteiger partial charge is 0.229 e. The summed E-state index contributed by atoms with van der Waals surface area (Å²) in [6.07, 6.45) is 2.51. The lowest BCUT2D eigenvalue weighted by Gasteiger charge is -2.42. The Balaban J connectivity index is 2.53. The zero-order valence-corrected chi connectivity index (χ0v) is 13.8. The summed E-state index contributed by atoms with van der Waals surface area (Å²) in [7, 11) is 0. The quantitative estimate of drug-likeness (QED) is 0.787. The van der Waals surface area contributed by atoms with Crippen molar-refractivity contribution in [3.05, 3.63) is 34.4 Å². The van der Waals surface area contributed by atoms with Gasteiger partial charge in [0.25, 0.3) is 0 Å². The van der Waals surface area contributed by atoms with E-state index in [-0.39, 0.29) is 23.2 Å². The van der Waals surface area contributed by atoms with Crippen LogP contribution in [0, 0.1) is 18.8 Å². The summed E-state index contributed by atoms with van der Waals surface area (Å²) < 4.78 is 0. The van der Waals surface area contributed by atoms with Gasteiger partial charge in [0.15, 0.2) is 0 Å². The van der Waals surface area contributed by atoms with E-state index < -0.39 is 0 Å². The van der Waals surface area contributed by atoms with Gasteiger partial charge < -0.3 is 5.73 Å². The Morgan fingerprint density at radius 1 is 1.14 bits per heavy atom. The molecule has 112 valence electrons. The van der Waals surface area contributed by atoms with Crippen LogP contribution < -0.4 is 5.73 Å². The normalized spacial score (nSPS) is 18.3. The predicted octanol–water partition coefficient (Wildman–Crippen LogP) is 3.57. The molecule has 1 aliphatic rings. The number of hydrogen-bond donors (Lipinski definition) is 1. The van der Waals surface area contributed by atoms with E-state index in [1.807, 2.05) is 0 Å². The molecule has 0 saturated carbocycles. The molecule has 0 aromatic heterocycles. The number of fused-ring (bicyclic) bond motifs is 1. The number of amides is 1. The Morgan fingerprint density at radius 3 is 2.19 bits per heavy atom. The number of carbonyl (C=O) groups is 1. The third-order valence-electron chi connectivity index (χ3n) is 4.68. The maximum atomic E-state index is 10.8. The second-order valence-corrected chi connectivity index (χ2v) is 7.43. The van der Waals surface area contributed by atoms with Crippen LogP contribution in [-0.2, 0) is 15.6 Å². The molecule has 2 nitrogen and oxygen atoms in total. The van der Waals surface area contributed by atoms with Crippen molar-refractivity contribution in [2.75, 3.05) is 0 Å². The fraction of sp³-hybridized carbons (Fsp3) is 0.526. The third kappa shape index (κ3) is 3.13. The first kappa shape index (κ1) is 15.6. The largest absolute Gasteiger partial charge is 0.369 e. The van der Waals surface area contributed by atoms with E-state index in [1.54, 1.807) is 0 Å². The van der Waals surface area contributed by atoms with E-state index in [0.717, 1.165) is 5.56 Å². The number of rotatable bonds is 1. The standard InChI is InChI=1S/C19H25NO/c1-13-11-15-16(12-14(13)7-6-8-17(20)21)19(4,5)10-9-18(15,2)3/h11-12H,8-10H2,1-5H3,(H2,20,21). The van der Waals surface area contributed by atoms with E-state index in [4.69, 9.17) is 5.73 Å². The highest BCUT2D eigenvalue weighted by atomic mass is 16.1. The molecule has 0 bridgehead atoms. The summed E-state index contributed by atoms with van der Waals surface area (Å²) >= 11 is 0. The van der Waals surface area contributed by atoms with Crippen LogP contribution >= 0.6 is 0 Å². The molecule has 21 heavy (non-hydrogen) atoms. The van der Waals surface area contributed by atoms with Gasteiger partial charge in [-0.05, 0) is 53.4 Å². The van der Waals surface area contributed by atoms with Gasteiger partial charge in [-0.15, -0.1) is 0 Å². The highest BCUT2D eigenvalue weighted by Gasteiger charge is 2.37. The molecular weight excluding hydrogens is 258 g/mol. The van der Waals surface area contributed by atoms with E-state index in [1.165, 1.54) is 29.5 Å². The predicted molar refractivity (Wildman–Crippen MR) is 87.2 cm³/mol. The molecule has 2 rings (SSSR count). The monoisotopic (exact) mass is 283 g/mol. The maximum Gasteiger partial charge on any atom is 0.229 e. The minimum atomic E-state index is -0.375. The van der Waals surface area contributed by atoms with Crippen molar-refractivity contribution in [1.82, 2.24) is 0 Å². The van der Waals surface area contributed by atoms with E-state index >= 15 is 0 Å². The maximum absolute atomic E-state index is 10.8. The number of aryl methyl sites for hydroxylation is 1. The topological polar surface area (TPSA) is 43.1 Å². The van der Waals surface area contributed by atoms with Crippen molar-refractivity contribution in [2.24, 2.45) is 5.73 Å². The van der Waals surface area contributed by atoms with Crippen molar-refractivity contribution in [3.63, 3.8) is 0 Å². The first-order valence-electron chi connectivity index (χ1n) is 7.56. The molecule has 1 aromatic carbocycles. The van der Waals surface area contributed by atoms with Crippen LogP contribution in [-0.4, -0.2) is 5.91 Å². The lowest BCUT2D eigenvalue weighted by Crippen LogP contribution is -2.34. The summed E-state index contributed by atoms with van der Waals surface area (Å²) in [6, 6.07) is 4.50. The van der Waals surface area contributed by atoms with Gasteiger partial charge in [-0.25, -0.2) is 0 Å². The summed E-state index contributed by atoms with van der Waals surface area (Å²) in [6.45, 7) is 11.3. The van der Waals surface area contributed by atoms with Crippen molar-refractivity contribution in [2.45, 2.75) is 64.7 Å². The molecule has 2 N–H and O–H groups in total. The van der Waals surface area contributed by atoms with Crippen molar-refractivity contribution < 1.29 is 4.79 Å². The molecule has 0 unspecified atom stereocenters. The summed E-state index contributed by atoms with van der Waals surface area (Å²) in [4.78, 5) is 10.8. The summed E-state index contributed by atoms with van der Waals surface area (Å²) in [5, 5.41) is 0. The van der Waals surface area contributed by atoms with E-state index in [2.05, 4.69) is 58.6 Å². The van der Waals surface area contributed by atoms with Crippen molar-refractivity contribution >= 4 is 5.91 Å². The summed E-state index contributed by atoms with van der Waals surface area (Å²) in [5.41, 5.74) is 10.6. The number of hydrogen-bond acceptors (Lipinski definition) is 1. The van der Waals surface area contributed by atoms with Gasteiger partial charge in [0.2, 0.25) is 5.91 Å². The first-order valence-corrected chi connectivity index (χ1v) is 7.56. The number of carbonyl (C=O) groups excluding carboxylic acids is 1. The van der Waals surface area contributed by atoms with Gasteiger partial charge in [-0.1, -0.05) is 45.6 Å². The van der Waals surface area contributed by atoms with Crippen LogP contribution in [0.2, 0.25) is 0 Å². The average Bonchev–Trinajstić information content (AvgIpc) is 2.36. The number of primary amides is 1. The van der Waals surface area contributed by atoms with Crippen LogP contribution in [0.15, 0.2) is 12.1 Å². The third-order valence-corrected chi connectivity index (χ3v) is 4.68. The first-order chi connectivity index (χ1) is 9.63. The zero-order valence-electron chi connectivity index (χ0n) is 13.8. The molecule has 2 heteroatoms. The lowest BCUT2D eigenvalue weighted by molar-refractivity contribution is -0.117. The van der Waals surface area contributed by atoms with Crippen LogP contribution in [0.5, 0.6) is 0 Å². The Morgan fingerprint density at radius 2 is 1.67 bits per heavy atom. The van der Waals surface area contributed by atoms with Gasteiger partial charge in [0, 0.05) is 5.56 Å². The molecule has 0 spiro atoms. The molecule has 0 aliphatic heterocycles. The van der Waals surface area contributed by atoms with Crippen LogP contribution in [0.4, 0.5) is 0 Å². The van der Waals surface area contributed by atoms with Gasteiger partial charge in [-0.2, -0.15) is 0 Å². The molecule has 0 heterocycles. The molecule has 0 atom stereocenters. The average molecular weight is 283 g/mol. The van der Waals surface area contributed by atoms with Crippen molar-refractivity contribution in [1.29, 1.82) is 0 Å². The zero-order chi connectivity index (χ0) is 15.8. The molecular formula is C19H25NO. The lowest BCUT2D eigenvalue weighted by atomic mass is 9.62. The molecule has 0 radical (unpaired) electrons. The van der Waals surface area contributed by atoms with Gasteiger partial charge in [-0.3, -0.25) is 4.79 Å². The second-order valence-electron chi connectivity index (χ2n) is 7.43. The molecule has 1 aromatic rings. The van der Waals surface area contributed by atoms with Crippen LogP contribution in [0.25, 0.3) is 0 Å². The van der Waals surface area contributed by atoms with Gasteiger partial charge >= 0.3 is 0 Å². The van der Waals surface area contributed by atoms with Gasteiger partial charge in [0.05, 0.1) is 6.42 Å². The Bertz CT molecular complexity index is 642. The minimum Gasteiger partial charge on any atom is -0.369 e. The Kier molecular flexibility index (Phi) is 3.89. The molecule has 1 aliphatic carbocycles. The van der Waals surface area contributed by atoms with Crippen LogP contribution in [0.1, 0.15) is 69.2 Å². The Labute approximate surface area is 128 Å². The number of nitrogens with two attached hydrogens (primary N) is 1. The highest BCUT2D eigenvalue weighted by molar-refractivity contribution is 5.76. The van der Waals surface area contributed by atoms with Crippen molar-refractivity contribution in [3.8, 4) is 11.8 Å². The SMILES string of the molecule is Cc1cc2c(cc1C#CCC(N)=O)C(C)(C)CCC2(C)C. The van der Waals surface area contributed by atoms with Crippen LogP contribution in [0.3, 0.4) is 0 Å². The second kappa shape index (κ2) is 5.22. The highest BCUT2D eigenvalue weighted by Crippen LogP contribution is 2.46. The minimum absolute atomic E-state index is 0.116. The number of benzene rings is 1. The fourth-order valence-electron chi connectivity index (χ4n) is 3.08. The molecule has 1 amide bonds. The summed E-state index contributed by atoms with van der Waals surface area (Å²) in [5.74, 6) is 5.61. The van der Waals surface area contributed by atoms with E-state index in [9.17, 15) is 4.79 Å². The van der Waals surface area contributed by atoms with E-state index in [0.29, 0.717) is 0 Å². The molecule has 0 saturated heterocycles. The Hall–Kier alpha value is -1.75. The molecule has 0 fully saturated rings.